The number of carbonyl (C=O) groups excluding carboxylic acids is 1. The zero-order chi connectivity index (χ0) is 17.6. The highest BCUT2D eigenvalue weighted by molar-refractivity contribution is 5.93. The molecule has 128 valence electrons. The molecule has 0 radical (unpaired) electrons. The molecule has 3 aromatic rings. The number of rotatable bonds is 6. The smallest absolute Gasteiger partial charge is 0.254 e. The van der Waals surface area contributed by atoms with Crippen molar-refractivity contribution in [1.82, 2.24) is 25.4 Å². The minimum Gasteiger partial charge on any atom is -0.361 e. The molecule has 0 aliphatic heterocycles. The molecule has 0 aliphatic carbocycles. The highest BCUT2D eigenvalue weighted by Crippen LogP contribution is 2.12. The molecule has 0 saturated heterocycles. The van der Waals surface area contributed by atoms with Crippen LogP contribution < -0.4 is 5.32 Å². The number of aromatic nitrogens is 4. The predicted molar refractivity (Wildman–Crippen MR) is 91.5 cm³/mol. The molecule has 1 amide bonds. The van der Waals surface area contributed by atoms with Crippen LogP contribution in [0.5, 0.6) is 0 Å². The van der Waals surface area contributed by atoms with Crippen molar-refractivity contribution in [2.75, 3.05) is 0 Å². The van der Waals surface area contributed by atoms with Crippen LogP contribution in [-0.4, -0.2) is 26.0 Å². The molecule has 0 bridgehead atoms. The second-order valence-electron chi connectivity index (χ2n) is 6.10. The van der Waals surface area contributed by atoms with Crippen LogP contribution in [0.2, 0.25) is 0 Å². The minimum absolute atomic E-state index is 0.258. The van der Waals surface area contributed by atoms with E-state index in [0.29, 0.717) is 29.5 Å². The number of carbonyl (C=O) groups is 1. The van der Waals surface area contributed by atoms with Crippen molar-refractivity contribution >= 4 is 5.91 Å². The molecule has 7 heteroatoms. The van der Waals surface area contributed by atoms with Crippen LogP contribution in [-0.2, 0) is 13.0 Å². The minimum atomic E-state index is -0.258. The van der Waals surface area contributed by atoms with Crippen LogP contribution >= 0.6 is 0 Å². The Morgan fingerprint density at radius 3 is 2.72 bits per heavy atom. The summed E-state index contributed by atoms with van der Waals surface area (Å²) in [5.41, 5.74) is 1.88. The van der Waals surface area contributed by atoms with Gasteiger partial charge in [0, 0.05) is 42.8 Å². The van der Waals surface area contributed by atoms with Crippen molar-refractivity contribution in [1.29, 1.82) is 0 Å². The first kappa shape index (κ1) is 16.8. The third-order valence-electron chi connectivity index (χ3n) is 3.48. The summed E-state index contributed by atoms with van der Waals surface area (Å²) in [5.74, 6) is 1.58. The molecule has 0 atom stereocenters. The number of hydrogen-bond donors (Lipinski definition) is 1. The largest absolute Gasteiger partial charge is 0.361 e. The fraction of sp³-hybridized carbons (Fsp3) is 0.278. The second-order valence-corrected chi connectivity index (χ2v) is 6.10. The first-order valence-electron chi connectivity index (χ1n) is 8.07. The predicted octanol–water partition coefficient (Wildman–Crippen LogP) is 2.66. The van der Waals surface area contributed by atoms with Gasteiger partial charge in [0.2, 0.25) is 0 Å². The number of hydrogen-bond acceptors (Lipinski definition) is 6. The van der Waals surface area contributed by atoms with Crippen molar-refractivity contribution < 1.29 is 9.32 Å². The summed E-state index contributed by atoms with van der Waals surface area (Å²) in [6.45, 7) is 4.52. The van der Waals surface area contributed by atoms with E-state index >= 15 is 0 Å². The Hall–Kier alpha value is -3.09. The van der Waals surface area contributed by atoms with E-state index in [2.05, 4.69) is 39.3 Å². The summed E-state index contributed by atoms with van der Waals surface area (Å²) in [5, 5.41) is 6.75. The lowest BCUT2D eigenvalue weighted by Gasteiger charge is -2.03. The maximum atomic E-state index is 12.2. The summed E-state index contributed by atoms with van der Waals surface area (Å²) in [7, 11) is 0. The fourth-order valence-corrected chi connectivity index (χ4v) is 2.30. The van der Waals surface area contributed by atoms with E-state index in [-0.39, 0.29) is 5.91 Å². The van der Waals surface area contributed by atoms with Crippen LogP contribution in [0, 0.1) is 5.92 Å². The lowest BCUT2D eigenvalue weighted by Crippen LogP contribution is -2.23. The number of nitrogens with one attached hydrogen (secondary N) is 1. The van der Waals surface area contributed by atoms with Crippen molar-refractivity contribution in [3.8, 4) is 11.4 Å². The highest BCUT2D eigenvalue weighted by Gasteiger charge is 2.10. The zero-order valence-corrected chi connectivity index (χ0v) is 14.1. The van der Waals surface area contributed by atoms with E-state index < -0.39 is 0 Å². The van der Waals surface area contributed by atoms with E-state index in [1.165, 1.54) is 12.4 Å². The van der Waals surface area contributed by atoms with Crippen LogP contribution in [0.1, 0.15) is 35.7 Å². The summed E-state index contributed by atoms with van der Waals surface area (Å²) in [6, 6.07) is 5.54. The SMILES string of the molecule is CC(C)Cc1cc(CNC(=O)c2cnc(-c3cccnc3)nc2)no1. The van der Waals surface area contributed by atoms with E-state index in [4.69, 9.17) is 4.52 Å². The maximum Gasteiger partial charge on any atom is 0.254 e. The van der Waals surface area contributed by atoms with E-state index in [0.717, 1.165) is 17.7 Å². The quantitative estimate of drug-likeness (QED) is 0.743. The molecule has 0 spiro atoms. The van der Waals surface area contributed by atoms with Crippen LogP contribution in [0.3, 0.4) is 0 Å². The van der Waals surface area contributed by atoms with Gasteiger partial charge < -0.3 is 9.84 Å². The first-order chi connectivity index (χ1) is 12.1. The first-order valence-corrected chi connectivity index (χ1v) is 8.07. The Bertz CT molecular complexity index is 828. The molecule has 0 aliphatic rings. The Labute approximate surface area is 145 Å². The summed E-state index contributed by atoms with van der Waals surface area (Å²) in [6.07, 6.45) is 7.18. The van der Waals surface area contributed by atoms with E-state index in [9.17, 15) is 4.79 Å². The second kappa shape index (κ2) is 7.65. The Morgan fingerprint density at radius 1 is 1.24 bits per heavy atom. The van der Waals surface area contributed by atoms with Crippen molar-refractivity contribution in [3.63, 3.8) is 0 Å². The molecular formula is C18H19N5O2. The molecule has 3 aromatic heterocycles. The Kier molecular flexibility index (Phi) is 5.13. The Morgan fingerprint density at radius 2 is 2.04 bits per heavy atom. The topological polar surface area (TPSA) is 93.8 Å². The summed E-state index contributed by atoms with van der Waals surface area (Å²) >= 11 is 0. The molecule has 0 saturated carbocycles. The van der Waals surface area contributed by atoms with Gasteiger partial charge in [-0.15, -0.1) is 0 Å². The average Bonchev–Trinajstić information content (AvgIpc) is 3.07. The lowest BCUT2D eigenvalue weighted by molar-refractivity contribution is 0.0949. The average molecular weight is 337 g/mol. The van der Waals surface area contributed by atoms with Gasteiger partial charge in [-0.2, -0.15) is 0 Å². The van der Waals surface area contributed by atoms with Crippen LogP contribution in [0.25, 0.3) is 11.4 Å². The van der Waals surface area contributed by atoms with Gasteiger partial charge in [0.05, 0.1) is 12.1 Å². The Balaban J connectivity index is 1.59. The molecule has 25 heavy (non-hydrogen) atoms. The van der Waals surface area contributed by atoms with E-state index in [1.54, 1.807) is 12.4 Å². The fourth-order valence-electron chi connectivity index (χ4n) is 2.30. The zero-order valence-electron chi connectivity index (χ0n) is 14.1. The summed E-state index contributed by atoms with van der Waals surface area (Å²) in [4.78, 5) is 24.6. The maximum absolute atomic E-state index is 12.2. The molecule has 0 unspecified atom stereocenters. The van der Waals surface area contributed by atoms with Gasteiger partial charge in [0.1, 0.15) is 11.5 Å². The molecule has 0 aromatic carbocycles. The summed E-state index contributed by atoms with van der Waals surface area (Å²) < 4.78 is 5.25. The number of nitrogens with zero attached hydrogens (tertiary/aromatic N) is 4. The normalized spacial score (nSPS) is 10.8. The van der Waals surface area contributed by atoms with Gasteiger partial charge >= 0.3 is 0 Å². The third kappa shape index (κ3) is 4.47. The highest BCUT2D eigenvalue weighted by atomic mass is 16.5. The lowest BCUT2D eigenvalue weighted by atomic mass is 10.1. The molecule has 0 fully saturated rings. The molecule has 1 N–H and O–H groups in total. The number of amides is 1. The van der Waals surface area contributed by atoms with E-state index in [1.807, 2.05) is 18.2 Å². The van der Waals surface area contributed by atoms with Gasteiger partial charge in [-0.1, -0.05) is 19.0 Å². The number of pyridine rings is 1. The van der Waals surface area contributed by atoms with Crippen molar-refractivity contribution in [2.24, 2.45) is 5.92 Å². The molecule has 7 nitrogen and oxygen atoms in total. The van der Waals surface area contributed by atoms with Crippen LogP contribution in [0.4, 0.5) is 0 Å². The van der Waals surface area contributed by atoms with Gasteiger partial charge in [-0.05, 0) is 18.1 Å². The van der Waals surface area contributed by atoms with Crippen molar-refractivity contribution in [2.45, 2.75) is 26.8 Å². The molecular weight excluding hydrogens is 318 g/mol. The third-order valence-corrected chi connectivity index (χ3v) is 3.48. The molecule has 3 heterocycles. The van der Waals surface area contributed by atoms with Gasteiger partial charge in [-0.3, -0.25) is 9.78 Å². The standard InChI is InChI=1S/C18H19N5O2/c1-12(2)6-16-7-15(23-25-16)11-22-18(24)14-9-20-17(21-10-14)13-4-3-5-19-8-13/h3-5,7-10,12H,6,11H2,1-2H3,(H,22,24). The molecule has 3 rings (SSSR count). The van der Waals surface area contributed by atoms with Gasteiger partial charge in [0.15, 0.2) is 5.82 Å². The van der Waals surface area contributed by atoms with Gasteiger partial charge in [-0.25, -0.2) is 9.97 Å². The van der Waals surface area contributed by atoms with Crippen molar-refractivity contribution in [3.05, 3.63) is 60.0 Å². The van der Waals surface area contributed by atoms with Crippen LogP contribution in [0.15, 0.2) is 47.5 Å². The van der Waals surface area contributed by atoms with Gasteiger partial charge in [0.25, 0.3) is 5.91 Å². The monoisotopic (exact) mass is 337 g/mol.